The van der Waals surface area contributed by atoms with Crippen molar-refractivity contribution < 1.29 is 4.79 Å². The van der Waals surface area contributed by atoms with E-state index in [1.165, 1.54) is 4.90 Å². The molecule has 0 atom stereocenters. The van der Waals surface area contributed by atoms with E-state index in [1.54, 1.807) is 47.8 Å². The Hall–Kier alpha value is -1.75. The van der Waals surface area contributed by atoms with Crippen LogP contribution in [-0.2, 0) is 13.6 Å². The number of amides is 1. The molecular weight excluding hydrogens is 258 g/mol. The molecule has 1 amide bonds. The van der Waals surface area contributed by atoms with Gasteiger partial charge in [0.1, 0.15) is 0 Å². The molecule has 5 heteroatoms. The van der Waals surface area contributed by atoms with Crippen LogP contribution in [-0.4, -0.2) is 33.9 Å². The van der Waals surface area contributed by atoms with E-state index >= 15 is 0 Å². The highest BCUT2D eigenvalue weighted by molar-refractivity contribution is 7.98. The molecule has 0 saturated carbocycles. The molecule has 2 rings (SSSR count). The van der Waals surface area contributed by atoms with Gasteiger partial charge in [-0.05, 0) is 24.0 Å². The lowest BCUT2D eigenvalue weighted by Crippen LogP contribution is -2.25. The fourth-order valence-corrected chi connectivity index (χ4v) is 2.24. The summed E-state index contributed by atoms with van der Waals surface area (Å²) in [5.74, 6) is -0.0120. The molecule has 0 spiro atoms. The highest BCUT2D eigenvalue weighted by Crippen LogP contribution is 2.16. The zero-order valence-electron chi connectivity index (χ0n) is 11.3. The molecule has 0 bridgehead atoms. The van der Waals surface area contributed by atoms with Crippen molar-refractivity contribution in [2.75, 3.05) is 13.3 Å². The Labute approximate surface area is 117 Å². The Kier molecular flexibility index (Phi) is 4.27. The maximum absolute atomic E-state index is 12.2. The summed E-state index contributed by atoms with van der Waals surface area (Å²) in [6.45, 7) is 0.600. The standard InChI is InChI=1S/C14H17N3OS/c1-16(14(18)12-8-15-17(2)10-12)9-11-4-6-13(19-3)7-5-11/h4-8,10H,9H2,1-3H3. The zero-order valence-corrected chi connectivity index (χ0v) is 12.1. The summed E-state index contributed by atoms with van der Waals surface area (Å²) < 4.78 is 1.63. The first kappa shape index (κ1) is 13.7. The maximum atomic E-state index is 12.2. The van der Waals surface area contributed by atoms with E-state index in [0.29, 0.717) is 12.1 Å². The Bertz CT molecular complexity index is 562. The molecule has 0 fully saturated rings. The Morgan fingerprint density at radius 2 is 2.05 bits per heavy atom. The van der Waals surface area contributed by atoms with E-state index in [9.17, 15) is 4.79 Å². The van der Waals surface area contributed by atoms with Gasteiger partial charge in [0.2, 0.25) is 0 Å². The fourth-order valence-electron chi connectivity index (χ4n) is 1.83. The van der Waals surface area contributed by atoms with Gasteiger partial charge in [0.25, 0.3) is 5.91 Å². The average molecular weight is 275 g/mol. The van der Waals surface area contributed by atoms with Crippen LogP contribution < -0.4 is 0 Å². The van der Waals surface area contributed by atoms with Gasteiger partial charge in [-0.25, -0.2) is 0 Å². The minimum absolute atomic E-state index is 0.0120. The van der Waals surface area contributed by atoms with Crippen molar-refractivity contribution >= 4 is 17.7 Å². The van der Waals surface area contributed by atoms with E-state index in [4.69, 9.17) is 0 Å². The van der Waals surface area contributed by atoms with Gasteiger partial charge in [0, 0.05) is 31.7 Å². The van der Waals surface area contributed by atoms with E-state index in [1.807, 2.05) is 6.26 Å². The average Bonchev–Trinajstić information content (AvgIpc) is 2.85. The molecule has 1 aromatic heterocycles. The lowest BCUT2D eigenvalue weighted by atomic mass is 10.2. The van der Waals surface area contributed by atoms with Crippen LogP contribution in [0.4, 0.5) is 0 Å². The topological polar surface area (TPSA) is 38.1 Å². The molecule has 2 aromatic rings. The third kappa shape index (κ3) is 3.38. The zero-order chi connectivity index (χ0) is 13.8. The van der Waals surface area contributed by atoms with Crippen molar-refractivity contribution in [1.29, 1.82) is 0 Å². The van der Waals surface area contributed by atoms with Gasteiger partial charge in [-0.2, -0.15) is 5.10 Å². The molecule has 0 aliphatic rings. The highest BCUT2D eigenvalue weighted by atomic mass is 32.2. The number of rotatable bonds is 4. The number of aromatic nitrogens is 2. The molecule has 4 nitrogen and oxygen atoms in total. The Morgan fingerprint density at radius 1 is 1.37 bits per heavy atom. The number of thioether (sulfide) groups is 1. The second-order valence-electron chi connectivity index (χ2n) is 4.41. The van der Waals surface area contributed by atoms with Crippen molar-refractivity contribution in [1.82, 2.24) is 14.7 Å². The summed E-state index contributed by atoms with van der Waals surface area (Å²) in [6, 6.07) is 8.25. The van der Waals surface area contributed by atoms with Gasteiger partial charge < -0.3 is 4.90 Å². The Balaban J connectivity index is 2.03. The third-order valence-electron chi connectivity index (χ3n) is 2.88. The third-order valence-corrected chi connectivity index (χ3v) is 3.62. The summed E-state index contributed by atoms with van der Waals surface area (Å²) in [7, 11) is 3.61. The summed E-state index contributed by atoms with van der Waals surface area (Å²) in [6.07, 6.45) is 5.37. The van der Waals surface area contributed by atoms with Crippen molar-refractivity contribution in [2.45, 2.75) is 11.4 Å². The van der Waals surface area contributed by atoms with Gasteiger partial charge in [-0.1, -0.05) is 12.1 Å². The first-order valence-corrected chi connectivity index (χ1v) is 7.19. The van der Waals surface area contributed by atoms with E-state index < -0.39 is 0 Å². The quantitative estimate of drug-likeness (QED) is 0.804. The van der Waals surface area contributed by atoms with Gasteiger partial charge in [0.05, 0.1) is 11.8 Å². The van der Waals surface area contributed by atoms with Crippen LogP contribution >= 0.6 is 11.8 Å². The van der Waals surface area contributed by atoms with Crippen LogP contribution in [0, 0.1) is 0 Å². The molecule has 0 aliphatic heterocycles. The molecule has 0 unspecified atom stereocenters. The van der Waals surface area contributed by atoms with E-state index in [-0.39, 0.29) is 5.91 Å². The normalized spacial score (nSPS) is 10.5. The minimum atomic E-state index is -0.0120. The number of hydrogen-bond acceptors (Lipinski definition) is 3. The van der Waals surface area contributed by atoms with Crippen LogP contribution in [0.1, 0.15) is 15.9 Å². The lowest BCUT2D eigenvalue weighted by molar-refractivity contribution is 0.0785. The second kappa shape index (κ2) is 5.93. The molecule has 0 saturated heterocycles. The van der Waals surface area contributed by atoms with Crippen LogP contribution in [0.15, 0.2) is 41.6 Å². The molecule has 1 aromatic carbocycles. The lowest BCUT2D eigenvalue weighted by Gasteiger charge is -2.16. The maximum Gasteiger partial charge on any atom is 0.257 e. The van der Waals surface area contributed by atoms with E-state index in [0.717, 1.165) is 5.56 Å². The highest BCUT2D eigenvalue weighted by Gasteiger charge is 2.13. The van der Waals surface area contributed by atoms with Crippen molar-refractivity contribution in [3.8, 4) is 0 Å². The van der Waals surface area contributed by atoms with Crippen molar-refractivity contribution in [3.05, 3.63) is 47.8 Å². The van der Waals surface area contributed by atoms with Crippen LogP contribution in [0.5, 0.6) is 0 Å². The van der Waals surface area contributed by atoms with Gasteiger partial charge >= 0.3 is 0 Å². The number of carbonyl (C=O) groups excluding carboxylic acids is 1. The largest absolute Gasteiger partial charge is 0.337 e. The summed E-state index contributed by atoms with van der Waals surface area (Å²) in [5.41, 5.74) is 1.74. The number of nitrogens with zero attached hydrogens (tertiary/aromatic N) is 3. The predicted octanol–water partition coefficient (Wildman–Crippen LogP) is 2.41. The number of hydrogen-bond donors (Lipinski definition) is 0. The SMILES string of the molecule is CSc1ccc(CN(C)C(=O)c2cnn(C)c2)cc1. The van der Waals surface area contributed by atoms with Crippen LogP contribution in [0.25, 0.3) is 0 Å². The number of aryl methyl sites for hydroxylation is 1. The van der Waals surface area contributed by atoms with Crippen molar-refractivity contribution in [2.24, 2.45) is 7.05 Å². The van der Waals surface area contributed by atoms with Gasteiger partial charge in [0.15, 0.2) is 0 Å². The molecule has 0 N–H and O–H groups in total. The first-order valence-electron chi connectivity index (χ1n) is 5.97. The predicted molar refractivity (Wildman–Crippen MR) is 77.2 cm³/mol. The molecular formula is C14H17N3OS. The van der Waals surface area contributed by atoms with Crippen LogP contribution in [0.3, 0.4) is 0 Å². The number of benzene rings is 1. The molecule has 1 heterocycles. The van der Waals surface area contributed by atoms with Crippen molar-refractivity contribution in [3.63, 3.8) is 0 Å². The second-order valence-corrected chi connectivity index (χ2v) is 5.29. The smallest absolute Gasteiger partial charge is 0.257 e. The number of carbonyl (C=O) groups is 1. The Morgan fingerprint density at radius 3 is 2.58 bits per heavy atom. The molecule has 100 valence electrons. The van der Waals surface area contributed by atoms with Crippen LogP contribution in [0.2, 0.25) is 0 Å². The molecule has 0 radical (unpaired) electrons. The summed E-state index contributed by atoms with van der Waals surface area (Å²) in [4.78, 5) is 15.1. The first-order chi connectivity index (χ1) is 9.10. The summed E-state index contributed by atoms with van der Waals surface area (Å²) in [5, 5.41) is 4.02. The van der Waals surface area contributed by atoms with Gasteiger partial charge in [-0.15, -0.1) is 11.8 Å². The van der Waals surface area contributed by atoms with Gasteiger partial charge in [-0.3, -0.25) is 9.48 Å². The monoisotopic (exact) mass is 275 g/mol. The molecule has 0 aliphatic carbocycles. The van der Waals surface area contributed by atoms with E-state index in [2.05, 4.69) is 29.4 Å². The minimum Gasteiger partial charge on any atom is -0.337 e. The summed E-state index contributed by atoms with van der Waals surface area (Å²) >= 11 is 1.71. The fraction of sp³-hybridized carbons (Fsp3) is 0.286. The molecule has 19 heavy (non-hydrogen) atoms.